The van der Waals surface area contributed by atoms with Crippen molar-refractivity contribution in [3.05, 3.63) is 63.6 Å². The third-order valence-electron chi connectivity index (χ3n) is 4.69. The van der Waals surface area contributed by atoms with Crippen LogP contribution < -0.4 is 5.56 Å². The van der Waals surface area contributed by atoms with Gasteiger partial charge in [0, 0.05) is 31.6 Å². The highest BCUT2D eigenvalue weighted by Gasteiger charge is 2.19. The number of likely N-dealkylation sites (N-methyl/N-ethyl adjacent to an activating group) is 1. The maximum Gasteiger partial charge on any atom is 0.252 e. The standard InChI is InChI=1S/C20H24N4O2/c1-5-23(12-16-9-7-6-8-10-16)18(26)13-24-17(25)11-14(2)19-15(3)21-22(4)20(19)24/h6-11H,5,12-13H2,1-4H3. The second kappa shape index (κ2) is 7.15. The van der Waals surface area contributed by atoms with E-state index in [4.69, 9.17) is 0 Å². The van der Waals surface area contributed by atoms with Crippen LogP contribution in [0.4, 0.5) is 0 Å². The molecule has 0 aliphatic heterocycles. The third kappa shape index (κ3) is 3.27. The summed E-state index contributed by atoms with van der Waals surface area (Å²) in [5, 5.41) is 5.36. The highest BCUT2D eigenvalue weighted by atomic mass is 16.2. The zero-order chi connectivity index (χ0) is 18.8. The summed E-state index contributed by atoms with van der Waals surface area (Å²) in [4.78, 5) is 27.2. The number of benzene rings is 1. The van der Waals surface area contributed by atoms with Crippen molar-refractivity contribution < 1.29 is 4.79 Å². The van der Waals surface area contributed by atoms with Crippen molar-refractivity contribution in [2.75, 3.05) is 6.54 Å². The van der Waals surface area contributed by atoms with E-state index in [0.29, 0.717) is 18.7 Å². The third-order valence-corrected chi connectivity index (χ3v) is 4.69. The Bertz CT molecular complexity index is 1000. The molecule has 0 aliphatic carbocycles. The Morgan fingerprint density at radius 2 is 1.88 bits per heavy atom. The van der Waals surface area contributed by atoms with E-state index >= 15 is 0 Å². The van der Waals surface area contributed by atoms with Crippen molar-refractivity contribution >= 4 is 16.9 Å². The van der Waals surface area contributed by atoms with Gasteiger partial charge >= 0.3 is 0 Å². The Morgan fingerprint density at radius 1 is 1.19 bits per heavy atom. The molecule has 0 spiro atoms. The predicted octanol–water partition coefficient (Wildman–Crippen LogP) is 2.40. The van der Waals surface area contributed by atoms with Crippen LogP contribution in [0.2, 0.25) is 0 Å². The molecule has 1 aromatic carbocycles. The molecule has 0 bridgehead atoms. The van der Waals surface area contributed by atoms with Gasteiger partial charge in [-0.1, -0.05) is 30.3 Å². The number of hydrogen-bond donors (Lipinski definition) is 0. The number of aromatic nitrogens is 3. The number of amides is 1. The molecule has 26 heavy (non-hydrogen) atoms. The fourth-order valence-electron chi connectivity index (χ4n) is 3.43. The molecule has 0 N–H and O–H groups in total. The van der Waals surface area contributed by atoms with Crippen LogP contribution in [0.25, 0.3) is 11.0 Å². The number of fused-ring (bicyclic) bond motifs is 1. The molecule has 0 saturated heterocycles. The summed E-state index contributed by atoms with van der Waals surface area (Å²) >= 11 is 0. The van der Waals surface area contributed by atoms with Crippen molar-refractivity contribution in [1.29, 1.82) is 0 Å². The number of carbonyl (C=O) groups excluding carboxylic acids is 1. The molecule has 2 aromatic heterocycles. The summed E-state index contributed by atoms with van der Waals surface area (Å²) in [6.45, 7) is 6.89. The summed E-state index contributed by atoms with van der Waals surface area (Å²) in [6.07, 6.45) is 0. The Hall–Kier alpha value is -2.89. The lowest BCUT2D eigenvalue weighted by Gasteiger charge is -2.22. The maximum atomic E-state index is 12.9. The molecular weight excluding hydrogens is 328 g/mol. The summed E-state index contributed by atoms with van der Waals surface area (Å²) < 4.78 is 3.21. The fourth-order valence-corrected chi connectivity index (χ4v) is 3.43. The Balaban J connectivity index is 1.95. The number of carbonyl (C=O) groups is 1. The normalized spacial score (nSPS) is 11.1. The monoisotopic (exact) mass is 352 g/mol. The summed E-state index contributed by atoms with van der Waals surface area (Å²) in [5.74, 6) is -0.0811. The van der Waals surface area contributed by atoms with Crippen molar-refractivity contribution in [3.63, 3.8) is 0 Å². The molecule has 0 saturated carbocycles. The lowest BCUT2D eigenvalue weighted by Crippen LogP contribution is -2.36. The minimum absolute atomic E-state index is 0.00919. The van der Waals surface area contributed by atoms with Gasteiger partial charge in [-0.05, 0) is 31.9 Å². The molecule has 0 unspecified atom stereocenters. The van der Waals surface area contributed by atoms with Gasteiger partial charge in [-0.3, -0.25) is 18.8 Å². The minimum Gasteiger partial charge on any atom is -0.337 e. The fraction of sp³-hybridized carbons (Fsp3) is 0.350. The molecule has 2 heterocycles. The van der Waals surface area contributed by atoms with Gasteiger partial charge in [-0.15, -0.1) is 0 Å². The first-order valence-corrected chi connectivity index (χ1v) is 8.77. The SMILES string of the molecule is CCN(Cc1ccccc1)C(=O)Cn1c(=O)cc(C)c2c(C)nn(C)c21. The summed E-state index contributed by atoms with van der Waals surface area (Å²) in [5.41, 5.74) is 3.33. The molecule has 3 aromatic rings. The lowest BCUT2D eigenvalue weighted by atomic mass is 10.1. The van der Waals surface area contributed by atoms with Crippen LogP contribution in [-0.4, -0.2) is 31.7 Å². The van der Waals surface area contributed by atoms with E-state index in [-0.39, 0.29) is 18.0 Å². The van der Waals surface area contributed by atoms with Crippen LogP contribution in [0.5, 0.6) is 0 Å². The van der Waals surface area contributed by atoms with E-state index < -0.39 is 0 Å². The molecule has 0 radical (unpaired) electrons. The van der Waals surface area contributed by atoms with Crippen LogP contribution in [0.15, 0.2) is 41.2 Å². The quantitative estimate of drug-likeness (QED) is 0.708. The smallest absolute Gasteiger partial charge is 0.252 e. The molecule has 6 heteroatoms. The van der Waals surface area contributed by atoms with E-state index in [1.165, 1.54) is 4.57 Å². The minimum atomic E-state index is -0.179. The lowest BCUT2D eigenvalue weighted by molar-refractivity contribution is -0.132. The average Bonchev–Trinajstić information content (AvgIpc) is 2.91. The molecule has 136 valence electrons. The molecule has 1 amide bonds. The highest BCUT2D eigenvalue weighted by Crippen LogP contribution is 2.20. The maximum absolute atomic E-state index is 12.9. The number of aryl methyl sites for hydroxylation is 3. The van der Waals surface area contributed by atoms with Crippen LogP contribution >= 0.6 is 0 Å². The summed E-state index contributed by atoms with van der Waals surface area (Å²) in [6, 6.07) is 11.4. The van der Waals surface area contributed by atoms with Crippen molar-refractivity contribution in [3.8, 4) is 0 Å². The second-order valence-electron chi connectivity index (χ2n) is 6.55. The Labute approximate surface area is 152 Å². The zero-order valence-electron chi connectivity index (χ0n) is 15.7. The first-order chi connectivity index (χ1) is 12.4. The van der Waals surface area contributed by atoms with Crippen molar-refractivity contribution in [2.45, 2.75) is 33.9 Å². The van der Waals surface area contributed by atoms with Gasteiger partial charge < -0.3 is 4.90 Å². The Morgan fingerprint density at radius 3 is 2.54 bits per heavy atom. The molecule has 0 aliphatic rings. The number of nitrogens with zero attached hydrogens (tertiary/aromatic N) is 4. The molecule has 0 atom stereocenters. The molecule has 6 nitrogen and oxygen atoms in total. The van der Waals surface area contributed by atoms with E-state index in [1.54, 1.807) is 22.7 Å². The van der Waals surface area contributed by atoms with Gasteiger partial charge in [-0.25, -0.2) is 0 Å². The van der Waals surface area contributed by atoms with Gasteiger partial charge in [0.2, 0.25) is 5.91 Å². The van der Waals surface area contributed by atoms with Gasteiger partial charge in [0.05, 0.1) is 5.69 Å². The average molecular weight is 352 g/mol. The first-order valence-electron chi connectivity index (χ1n) is 8.77. The van der Waals surface area contributed by atoms with Crippen LogP contribution in [-0.2, 0) is 24.9 Å². The molecule has 0 fully saturated rings. The highest BCUT2D eigenvalue weighted by molar-refractivity contribution is 5.84. The van der Waals surface area contributed by atoms with E-state index in [2.05, 4.69) is 5.10 Å². The van der Waals surface area contributed by atoms with Crippen LogP contribution in [0.1, 0.15) is 23.7 Å². The van der Waals surface area contributed by atoms with Crippen LogP contribution in [0.3, 0.4) is 0 Å². The summed E-state index contributed by atoms with van der Waals surface area (Å²) in [7, 11) is 1.80. The van der Waals surface area contributed by atoms with E-state index in [1.807, 2.05) is 51.1 Å². The molecule has 3 rings (SSSR count). The van der Waals surface area contributed by atoms with Gasteiger partial charge in [0.1, 0.15) is 12.2 Å². The number of rotatable bonds is 5. The van der Waals surface area contributed by atoms with Crippen LogP contribution in [0, 0.1) is 13.8 Å². The number of hydrogen-bond acceptors (Lipinski definition) is 3. The van der Waals surface area contributed by atoms with Gasteiger partial charge in [0.15, 0.2) is 0 Å². The number of pyridine rings is 1. The molecular formula is C20H24N4O2. The van der Waals surface area contributed by atoms with Gasteiger partial charge in [0.25, 0.3) is 5.56 Å². The van der Waals surface area contributed by atoms with E-state index in [0.717, 1.165) is 22.2 Å². The van der Waals surface area contributed by atoms with Crippen molar-refractivity contribution in [2.24, 2.45) is 7.05 Å². The Kier molecular flexibility index (Phi) is 4.93. The zero-order valence-corrected chi connectivity index (χ0v) is 15.7. The second-order valence-corrected chi connectivity index (χ2v) is 6.55. The van der Waals surface area contributed by atoms with Crippen molar-refractivity contribution in [1.82, 2.24) is 19.2 Å². The van der Waals surface area contributed by atoms with E-state index in [9.17, 15) is 9.59 Å². The topological polar surface area (TPSA) is 60.1 Å². The first kappa shape index (κ1) is 17.9. The predicted molar refractivity (Wildman–Crippen MR) is 102 cm³/mol. The largest absolute Gasteiger partial charge is 0.337 e. The van der Waals surface area contributed by atoms with Gasteiger partial charge in [-0.2, -0.15) is 5.10 Å².